The molecule has 0 bridgehead atoms. The molecule has 1 fully saturated rings. The molecule has 1 aliphatic heterocycles. The summed E-state index contributed by atoms with van der Waals surface area (Å²) < 4.78 is 10.5. The van der Waals surface area contributed by atoms with E-state index < -0.39 is 6.04 Å². The van der Waals surface area contributed by atoms with Crippen molar-refractivity contribution >= 4 is 17.7 Å². The molecule has 0 aromatic heterocycles. The van der Waals surface area contributed by atoms with E-state index >= 15 is 0 Å². The molecule has 1 atom stereocenters. The highest BCUT2D eigenvalue weighted by Gasteiger charge is 2.21. The molecule has 5 heteroatoms. The molecule has 88 valence electrons. The summed E-state index contributed by atoms with van der Waals surface area (Å²) in [5.74, 6) is 0.625. The Kier molecular flexibility index (Phi) is 6.05. The fourth-order valence-corrected chi connectivity index (χ4v) is 1.90. The molecule has 0 radical (unpaired) electrons. The maximum absolute atomic E-state index is 11.5. The number of rotatable bonds is 5. The van der Waals surface area contributed by atoms with Gasteiger partial charge in [0, 0.05) is 12.8 Å². The average Bonchev–Trinajstić information content (AvgIpc) is 2.27. The van der Waals surface area contributed by atoms with Crippen LogP contribution in [0.3, 0.4) is 0 Å². The number of carbonyl (C=O) groups is 1. The Morgan fingerprint density at radius 3 is 2.87 bits per heavy atom. The highest BCUT2D eigenvalue weighted by atomic mass is 32.2. The minimum absolute atomic E-state index is 0.00609. The van der Waals surface area contributed by atoms with Crippen molar-refractivity contribution in [2.75, 3.05) is 25.2 Å². The minimum atomic E-state index is -0.472. The summed E-state index contributed by atoms with van der Waals surface area (Å²) in [4.78, 5) is 11.5. The summed E-state index contributed by atoms with van der Waals surface area (Å²) >= 11 is 1.69. The summed E-state index contributed by atoms with van der Waals surface area (Å²) in [6.45, 7) is 1.36. The molecule has 1 heterocycles. The van der Waals surface area contributed by atoms with E-state index in [1.807, 2.05) is 6.26 Å². The average molecular weight is 233 g/mol. The number of thioether (sulfide) groups is 1. The Labute approximate surface area is 94.9 Å². The highest BCUT2D eigenvalue weighted by Crippen LogP contribution is 2.12. The van der Waals surface area contributed by atoms with Crippen molar-refractivity contribution in [1.82, 2.24) is 0 Å². The van der Waals surface area contributed by atoms with Crippen molar-refractivity contribution < 1.29 is 14.3 Å². The van der Waals surface area contributed by atoms with E-state index in [0.29, 0.717) is 19.6 Å². The van der Waals surface area contributed by atoms with Crippen molar-refractivity contribution in [2.24, 2.45) is 5.73 Å². The van der Waals surface area contributed by atoms with E-state index in [1.165, 1.54) is 0 Å². The number of esters is 1. The Hall–Kier alpha value is -0.260. The van der Waals surface area contributed by atoms with Crippen molar-refractivity contribution in [1.29, 1.82) is 0 Å². The van der Waals surface area contributed by atoms with Gasteiger partial charge in [-0.2, -0.15) is 11.8 Å². The molecule has 15 heavy (non-hydrogen) atoms. The van der Waals surface area contributed by atoms with Gasteiger partial charge < -0.3 is 15.2 Å². The van der Waals surface area contributed by atoms with Crippen LogP contribution in [0.2, 0.25) is 0 Å². The van der Waals surface area contributed by atoms with E-state index in [4.69, 9.17) is 15.2 Å². The second kappa shape index (κ2) is 7.09. The van der Waals surface area contributed by atoms with Gasteiger partial charge in [-0.05, 0) is 18.4 Å². The lowest BCUT2D eigenvalue weighted by atomic mass is 10.1. The predicted molar refractivity (Wildman–Crippen MR) is 60.9 cm³/mol. The summed E-state index contributed by atoms with van der Waals surface area (Å²) in [6.07, 6.45) is 4.27. The minimum Gasteiger partial charge on any atom is -0.461 e. The van der Waals surface area contributed by atoms with Crippen LogP contribution in [-0.4, -0.2) is 43.3 Å². The molecule has 0 spiro atoms. The van der Waals surface area contributed by atoms with Crippen molar-refractivity contribution in [3.63, 3.8) is 0 Å². The van der Waals surface area contributed by atoms with Gasteiger partial charge in [0.1, 0.15) is 12.1 Å². The van der Waals surface area contributed by atoms with Crippen LogP contribution in [0.25, 0.3) is 0 Å². The maximum Gasteiger partial charge on any atom is 0.323 e. The first-order valence-corrected chi connectivity index (χ1v) is 6.66. The summed E-state index contributed by atoms with van der Waals surface area (Å²) in [5.41, 5.74) is 5.70. The Balaban J connectivity index is 2.20. The van der Waals surface area contributed by atoms with Crippen LogP contribution in [0.1, 0.15) is 19.3 Å². The van der Waals surface area contributed by atoms with Gasteiger partial charge in [0.25, 0.3) is 0 Å². The van der Waals surface area contributed by atoms with Crippen LogP contribution in [0.5, 0.6) is 0 Å². The molecule has 0 aromatic carbocycles. The van der Waals surface area contributed by atoms with E-state index in [1.54, 1.807) is 11.8 Å². The number of carbonyl (C=O) groups excluding carboxylic acids is 1. The Morgan fingerprint density at radius 2 is 2.27 bits per heavy atom. The normalized spacial score (nSPS) is 19.9. The fraction of sp³-hybridized carbons (Fsp3) is 0.900. The van der Waals surface area contributed by atoms with Gasteiger partial charge in [0.15, 0.2) is 0 Å². The van der Waals surface area contributed by atoms with Gasteiger partial charge >= 0.3 is 5.97 Å². The monoisotopic (exact) mass is 233 g/mol. The maximum atomic E-state index is 11.5. The predicted octanol–water partition coefficient (Wildman–Crippen LogP) is 0.789. The summed E-state index contributed by atoms with van der Waals surface area (Å²) in [7, 11) is 0. The van der Waals surface area contributed by atoms with E-state index in [-0.39, 0.29) is 12.1 Å². The molecule has 1 rings (SSSR count). The zero-order valence-corrected chi connectivity index (χ0v) is 9.92. The van der Waals surface area contributed by atoms with Crippen molar-refractivity contribution in [3.8, 4) is 0 Å². The van der Waals surface area contributed by atoms with E-state index in [2.05, 4.69) is 0 Å². The molecule has 0 unspecified atom stereocenters. The number of hydrogen-bond acceptors (Lipinski definition) is 5. The topological polar surface area (TPSA) is 61.6 Å². The lowest BCUT2D eigenvalue weighted by Gasteiger charge is -2.23. The number of hydrogen-bond donors (Lipinski definition) is 1. The van der Waals surface area contributed by atoms with Gasteiger partial charge in [0.2, 0.25) is 0 Å². The van der Waals surface area contributed by atoms with Crippen LogP contribution in [0, 0.1) is 0 Å². The molecule has 1 saturated heterocycles. The van der Waals surface area contributed by atoms with Crippen molar-refractivity contribution in [2.45, 2.75) is 31.4 Å². The highest BCUT2D eigenvalue weighted by molar-refractivity contribution is 7.98. The lowest BCUT2D eigenvalue weighted by Crippen LogP contribution is -2.37. The van der Waals surface area contributed by atoms with Crippen molar-refractivity contribution in [3.05, 3.63) is 0 Å². The lowest BCUT2D eigenvalue weighted by molar-refractivity contribution is -0.154. The van der Waals surface area contributed by atoms with Gasteiger partial charge in [0.05, 0.1) is 13.2 Å². The summed E-state index contributed by atoms with van der Waals surface area (Å²) in [5, 5.41) is 0. The zero-order chi connectivity index (χ0) is 11.1. The molecular weight excluding hydrogens is 214 g/mol. The third kappa shape index (κ3) is 4.86. The SMILES string of the molecule is CSCC[C@H](N)C(=O)OC1CCOCC1. The molecule has 0 amide bonds. The smallest absolute Gasteiger partial charge is 0.323 e. The zero-order valence-electron chi connectivity index (χ0n) is 9.11. The third-order valence-electron chi connectivity index (χ3n) is 2.39. The number of ether oxygens (including phenoxy) is 2. The molecule has 4 nitrogen and oxygen atoms in total. The van der Waals surface area contributed by atoms with Gasteiger partial charge in [-0.1, -0.05) is 0 Å². The molecular formula is C10H19NO3S. The largest absolute Gasteiger partial charge is 0.461 e. The second-order valence-electron chi connectivity index (χ2n) is 3.64. The van der Waals surface area contributed by atoms with E-state index in [9.17, 15) is 4.79 Å². The molecule has 1 aliphatic rings. The van der Waals surface area contributed by atoms with Gasteiger partial charge in [-0.25, -0.2) is 0 Å². The Morgan fingerprint density at radius 1 is 1.60 bits per heavy atom. The van der Waals surface area contributed by atoms with Crippen LogP contribution >= 0.6 is 11.8 Å². The molecule has 2 N–H and O–H groups in total. The van der Waals surface area contributed by atoms with Crippen LogP contribution < -0.4 is 5.73 Å². The standard InChI is InChI=1S/C10H19NO3S/c1-15-7-4-9(11)10(12)14-8-2-5-13-6-3-8/h8-9H,2-7,11H2,1H3/t9-/m0/s1. The van der Waals surface area contributed by atoms with Gasteiger partial charge in [-0.15, -0.1) is 0 Å². The molecule has 0 saturated carbocycles. The third-order valence-corrected chi connectivity index (χ3v) is 3.03. The van der Waals surface area contributed by atoms with E-state index in [0.717, 1.165) is 18.6 Å². The summed E-state index contributed by atoms with van der Waals surface area (Å²) in [6, 6.07) is -0.472. The van der Waals surface area contributed by atoms with Crippen LogP contribution in [0.15, 0.2) is 0 Å². The molecule has 0 aromatic rings. The first kappa shape index (κ1) is 12.8. The second-order valence-corrected chi connectivity index (χ2v) is 4.62. The first-order chi connectivity index (χ1) is 7.24. The van der Waals surface area contributed by atoms with Crippen LogP contribution in [-0.2, 0) is 14.3 Å². The molecule has 0 aliphatic carbocycles. The Bertz CT molecular complexity index is 195. The quantitative estimate of drug-likeness (QED) is 0.711. The van der Waals surface area contributed by atoms with Crippen LogP contribution in [0.4, 0.5) is 0 Å². The van der Waals surface area contributed by atoms with Gasteiger partial charge in [-0.3, -0.25) is 4.79 Å². The first-order valence-electron chi connectivity index (χ1n) is 5.26. The number of nitrogens with two attached hydrogens (primary N) is 1. The fourth-order valence-electron chi connectivity index (χ4n) is 1.41.